The molecular formula is C22H24FN5O2. The van der Waals surface area contributed by atoms with Gasteiger partial charge in [-0.15, -0.1) is 0 Å². The first kappa shape index (κ1) is 18.8. The molecule has 30 heavy (non-hydrogen) atoms. The molecule has 7 nitrogen and oxygen atoms in total. The number of rotatable bonds is 4. The molecule has 2 amide bonds. The zero-order valence-electron chi connectivity index (χ0n) is 17.1. The smallest absolute Gasteiger partial charge is 0.274 e. The zero-order chi connectivity index (χ0) is 21.0. The average Bonchev–Trinajstić information content (AvgIpc) is 3.26. The van der Waals surface area contributed by atoms with Crippen LogP contribution in [0.3, 0.4) is 0 Å². The van der Waals surface area contributed by atoms with Crippen LogP contribution in [0, 0.1) is 5.82 Å². The van der Waals surface area contributed by atoms with Crippen molar-refractivity contribution in [2.75, 3.05) is 13.6 Å². The summed E-state index contributed by atoms with van der Waals surface area (Å²) in [4.78, 5) is 32.7. The number of amides is 2. The van der Waals surface area contributed by atoms with Crippen LogP contribution in [0.15, 0.2) is 24.3 Å². The van der Waals surface area contributed by atoms with Crippen molar-refractivity contribution in [3.05, 3.63) is 52.7 Å². The highest BCUT2D eigenvalue weighted by atomic mass is 19.1. The zero-order valence-corrected chi connectivity index (χ0v) is 17.1. The third-order valence-electron chi connectivity index (χ3n) is 6.74. The van der Waals surface area contributed by atoms with Crippen molar-refractivity contribution in [1.82, 2.24) is 25.0 Å². The van der Waals surface area contributed by atoms with Gasteiger partial charge in [0.25, 0.3) is 11.8 Å². The second kappa shape index (κ2) is 6.68. The van der Waals surface area contributed by atoms with E-state index in [1.165, 1.54) is 12.1 Å². The van der Waals surface area contributed by atoms with E-state index >= 15 is 0 Å². The number of aromatic amines is 2. The van der Waals surface area contributed by atoms with Gasteiger partial charge in [-0.25, -0.2) is 4.39 Å². The van der Waals surface area contributed by atoms with Crippen LogP contribution in [0.4, 0.5) is 4.39 Å². The number of nitrogens with zero attached hydrogens (tertiary/aromatic N) is 3. The number of aromatic nitrogens is 3. The highest BCUT2D eigenvalue weighted by Crippen LogP contribution is 2.44. The van der Waals surface area contributed by atoms with Gasteiger partial charge in [-0.2, -0.15) is 5.10 Å². The van der Waals surface area contributed by atoms with Crippen LogP contribution in [-0.2, 0) is 13.0 Å². The lowest BCUT2D eigenvalue weighted by molar-refractivity contribution is 0.0680. The molecule has 0 spiro atoms. The molecule has 0 bridgehead atoms. The Bertz CT molecular complexity index is 1160. The minimum Gasteiger partial charge on any atom is -0.350 e. The van der Waals surface area contributed by atoms with Gasteiger partial charge in [0.2, 0.25) is 0 Å². The summed E-state index contributed by atoms with van der Waals surface area (Å²) >= 11 is 0. The van der Waals surface area contributed by atoms with Crippen molar-refractivity contribution in [2.45, 2.75) is 44.7 Å². The highest BCUT2D eigenvalue weighted by Gasteiger charge is 2.47. The number of carbonyl (C=O) groups is 2. The summed E-state index contributed by atoms with van der Waals surface area (Å²) in [5.74, 6) is -0.614. The molecule has 1 aliphatic carbocycles. The van der Waals surface area contributed by atoms with E-state index in [-0.39, 0.29) is 23.2 Å². The minimum absolute atomic E-state index is 0.0489. The van der Waals surface area contributed by atoms with Crippen LogP contribution < -0.4 is 0 Å². The Balaban J connectivity index is 1.39. The first-order valence-electron chi connectivity index (χ1n) is 10.3. The number of H-pyrrole nitrogens is 2. The molecule has 3 aromatic rings. The summed E-state index contributed by atoms with van der Waals surface area (Å²) in [7, 11) is 1.84. The Morgan fingerprint density at radius 1 is 1.30 bits per heavy atom. The first-order valence-corrected chi connectivity index (χ1v) is 10.3. The molecular weight excluding hydrogens is 385 g/mol. The Morgan fingerprint density at radius 2 is 2.10 bits per heavy atom. The maximum atomic E-state index is 13.5. The average molecular weight is 409 g/mol. The van der Waals surface area contributed by atoms with Gasteiger partial charge in [0.15, 0.2) is 5.69 Å². The van der Waals surface area contributed by atoms with E-state index in [4.69, 9.17) is 0 Å². The molecule has 2 aromatic heterocycles. The van der Waals surface area contributed by atoms with Gasteiger partial charge >= 0.3 is 0 Å². The van der Waals surface area contributed by atoms with Crippen molar-refractivity contribution in [3.8, 4) is 0 Å². The predicted molar refractivity (Wildman–Crippen MR) is 110 cm³/mol. The third-order valence-corrected chi connectivity index (χ3v) is 6.74. The van der Waals surface area contributed by atoms with E-state index in [0.29, 0.717) is 36.4 Å². The van der Waals surface area contributed by atoms with Crippen LogP contribution in [0.2, 0.25) is 0 Å². The molecule has 0 unspecified atom stereocenters. The summed E-state index contributed by atoms with van der Waals surface area (Å²) in [6.45, 7) is 2.95. The Kier molecular flexibility index (Phi) is 4.20. The van der Waals surface area contributed by atoms with E-state index in [2.05, 4.69) is 22.1 Å². The number of hydrogen-bond donors (Lipinski definition) is 2. The molecule has 1 saturated carbocycles. The monoisotopic (exact) mass is 409 g/mol. The number of benzene rings is 1. The van der Waals surface area contributed by atoms with Crippen LogP contribution in [-0.4, -0.2) is 55.9 Å². The molecule has 1 aliphatic heterocycles. The lowest BCUT2D eigenvalue weighted by Gasteiger charge is -2.29. The second-order valence-corrected chi connectivity index (χ2v) is 8.36. The standard InChI is InChI=1S/C22H24FN5O2/c1-3-22(7-8-22)27(2)21(30)19-15-12-28(9-6-16(15)25-26-19)20(29)18-10-13-4-5-14(23)11-17(13)24-18/h4-5,10-11,24H,3,6-9,12H2,1-2H3,(H,25,26). The summed E-state index contributed by atoms with van der Waals surface area (Å²) < 4.78 is 13.5. The van der Waals surface area contributed by atoms with E-state index in [1.807, 2.05) is 11.9 Å². The molecule has 5 rings (SSSR count). The minimum atomic E-state index is -0.350. The molecule has 0 radical (unpaired) electrons. The van der Waals surface area contributed by atoms with E-state index in [0.717, 1.165) is 35.9 Å². The number of nitrogens with one attached hydrogen (secondary N) is 2. The molecule has 1 aromatic carbocycles. The number of fused-ring (bicyclic) bond motifs is 2. The van der Waals surface area contributed by atoms with Crippen molar-refractivity contribution in [2.24, 2.45) is 0 Å². The molecule has 8 heteroatoms. The highest BCUT2D eigenvalue weighted by molar-refractivity contribution is 5.99. The van der Waals surface area contributed by atoms with Gasteiger partial charge < -0.3 is 14.8 Å². The Labute approximate surface area is 173 Å². The van der Waals surface area contributed by atoms with Gasteiger partial charge in [-0.1, -0.05) is 6.92 Å². The molecule has 0 atom stereocenters. The van der Waals surface area contributed by atoms with E-state index < -0.39 is 0 Å². The second-order valence-electron chi connectivity index (χ2n) is 8.36. The van der Waals surface area contributed by atoms with Gasteiger partial charge in [-0.05, 0) is 43.5 Å². The quantitative estimate of drug-likeness (QED) is 0.694. The molecule has 2 aliphatic rings. The lowest BCUT2D eigenvalue weighted by atomic mass is 10.0. The number of carbonyl (C=O) groups excluding carboxylic acids is 2. The largest absolute Gasteiger partial charge is 0.350 e. The maximum Gasteiger partial charge on any atom is 0.274 e. The maximum absolute atomic E-state index is 13.5. The first-order chi connectivity index (χ1) is 14.4. The van der Waals surface area contributed by atoms with Crippen LogP contribution in [0.25, 0.3) is 10.9 Å². The van der Waals surface area contributed by atoms with Gasteiger partial charge in [0.1, 0.15) is 11.5 Å². The van der Waals surface area contributed by atoms with Crippen molar-refractivity contribution in [1.29, 1.82) is 0 Å². The summed E-state index contributed by atoms with van der Waals surface area (Å²) in [5, 5.41) is 8.08. The van der Waals surface area contributed by atoms with Crippen molar-refractivity contribution < 1.29 is 14.0 Å². The Hall–Kier alpha value is -3.16. The number of halogens is 1. The van der Waals surface area contributed by atoms with Crippen molar-refractivity contribution >= 4 is 22.7 Å². The summed E-state index contributed by atoms with van der Waals surface area (Å²) in [5.41, 5.74) is 3.06. The van der Waals surface area contributed by atoms with Crippen LogP contribution in [0.5, 0.6) is 0 Å². The van der Waals surface area contributed by atoms with Gasteiger partial charge in [0, 0.05) is 47.7 Å². The SMILES string of the molecule is CCC1(N(C)C(=O)c2n[nH]c3c2CN(C(=O)c2cc4ccc(F)cc4[nH]2)CC3)CC1. The molecule has 2 N–H and O–H groups in total. The molecule has 0 saturated heterocycles. The van der Waals surface area contributed by atoms with Gasteiger partial charge in [-0.3, -0.25) is 14.7 Å². The fraction of sp³-hybridized carbons (Fsp3) is 0.409. The van der Waals surface area contributed by atoms with Gasteiger partial charge in [0.05, 0.1) is 6.54 Å². The lowest BCUT2D eigenvalue weighted by Crippen LogP contribution is -2.40. The fourth-order valence-corrected chi connectivity index (χ4v) is 4.47. The Morgan fingerprint density at radius 3 is 2.83 bits per heavy atom. The summed E-state index contributed by atoms with van der Waals surface area (Å²) in [6.07, 6.45) is 3.57. The van der Waals surface area contributed by atoms with Crippen molar-refractivity contribution in [3.63, 3.8) is 0 Å². The molecule has 3 heterocycles. The third kappa shape index (κ3) is 2.89. The van der Waals surface area contributed by atoms with E-state index in [1.54, 1.807) is 17.0 Å². The van der Waals surface area contributed by atoms with E-state index in [9.17, 15) is 14.0 Å². The number of hydrogen-bond acceptors (Lipinski definition) is 3. The molecule has 156 valence electrons. The fourth-order valence-electron chi connectivity index (χ4n) is 4.47. The topological polar surface area (TPSA) is 85.1 Å². The van der Waals surface area contributed by atoms with Crippen LogP contribution in [0.1, 0.15) is 58.4 Å². The van der Waals surface area contributed by atoms with Crippen LogP contribution >= 0.6 is 0 Å². The molecule has 1 fully saturated rings. The summed E-state index contributed by atoms with van der Waals surface area (Å²) in [6, 6.07) is 6.14. The normalized spacial score (nSPS) is 17.1. The predicted octanol–water partition coefficient (Wildman–Crippen LogP) is 3.24.